The largest absolute Gasteiger partial charge is 0.364 e. The molecule has 2 fully saturated rings. The summed E-state index contributed by atoms with van der Waals surface area (Å²) in [6, 6.07) is 6.44. The molecule has 0 amide bonds. The Morgan fingerprint density at radius 3 is 2.62 bits per heavy atom. The van der Waals surface area contributed by atoms with E-state index in [1.54, 1.807) is 0 Å². The second-order valence-electron chi connectivity index (χ2n) is 6.88. The first kappa shape index (κ1) is 15.5. The van der Waals surface area contributed by atoms with Crippen LogP contribution in [0.3, 0.4) is 0 Å². The molecule has 116 valence electrons. The van der Waals surface area contributed by atoms with Gasteiger partial charge >= 0.3 is 0 Å². The van der Waals surface area contributed by atoms with Crippen LogP contribution in [0.5, 0.6) is 0 Å². The van der Waals surface area contributed by atoms with Crippen LogP contribution in [0.2, 0.25) is 10.0 Å². The van der Waals surface area contributed by atoms with Crippen molar-refractivity contribution in [3.63, 3.8) is 0 Å². The smallest absolute Gasteiger partial charge is 0.0825 e. The Labute approximate surface area is 137 Å². The van der Waals surface area contributed by atoms with Crippen molar-refractivity contribution in [2.45, 2.75) is 51.1 Å². The van der Waals surface area contributed by atoms with Crippen molar-refractivity contribution in [2.24, 2.45) is 5.92 Å². The van der Waals surface area contributed by atoms with Crippen LogP contribution in [0.25, 0.3) is 0 Å². The van der Waals surface area contributed by atoms with Gasteiger partial charge in [0.05, 0.1) is 15.7 Å². The average Bonchev–Trinajstić information content (AvgIpc) is 2.89. The van der Waals surface area contributed by atoms with Gasteiger partial charge in [0.2, 0.25) is 0 Å². The number of hydrogen-bond acceptors (Lipinski definition) is 2. The van der Waals surface area contributed by atoms with Crippen LogP contribution in [0.1, 0.15) is 39.5 Å². The number of benzene rings is 1. The van der Waals surface area contributed by atoms with E-state index in [4.69, 9.17) is 23.2 Å². The number of piperazine rings is 1. The van der Waals surface area contributed by atoms with E-state index in [0.29, 0.717) is 22.0 Å². The molecule has 1 spiro atoms. The van der Waals surface area contributed by atoms with Gasteiger partial charge in [-0.25, -0.2) is 0 Å². The SMILES string of the molecule is CC(C)C1CNC2(CCCC2)CN1c1cccc(Cl)c1Cl. The van der Waals surface area contributed by atoms with Crippen LogP contribution in [-0.4, -0.2) is 24.7 Å². The van der Waals surface area contributed by atoms with Crippen molar-refractivity contribution >= 4 is 28.9 Å². The maximum atomic E-state index is 6.50. The van der Waals surface area contributed by atoms with E-state index in [1.807, 2.05) is 12.1 Å². The quantitative estimate of drug-likeness (QED) is 0.844. The fourth-order valence-electron chi connectivity index (χ4n) is 3.89. The summed E-state index contributed by atoms with van der Waals surface area (Å²) in [7, 11) is 0. The number of nitrogens with zero attached hydrogens (tertiary/aromatic N) is 1. The molecule has 1 heterocycles. The first-order chi connectivity index (χ1) is 10.0. The van der Waals surface area contributed by atoms with E-state index in [2.05, 4.69) is 30.1 Å². The molecule has 0 bridgehead atoms. The zero-order valence-electron chi connectivity index (χ0n) is 12.8. The third kappa shape index (κ3) is 2.91. The second kappa shape index (κ2) is 5.98. The normalized spacial score (nSPS) is 25.0. The highest BCUT2D eigenvalue weighted by atomic mass is 35.5. The molecule has 1 N–H and O–H groups in total. The molecule has 1 unspecified atom stereocenters. The maximum absolute atomic E-state index is 6.50. The Hall–Kier alpha value is -0.440. The lowest BCUT2D eigenvalue weighted by molar-refractivity contribution is 0.246. The Balaban J connectivity index is 1.95. The summed E-state index contributed by atoms with van der Waals surface area (Å²) < 4.78 is 0. The molecular formula is C17H24Cl2N2. The molecule has 1 aromatic rings. The highest BCUT2D eigenvalue weighted by molar-refractivity contribution is 6.43. The van der Waals surface area contributed by atoms with Crippen LogP contribution in [0.4, 0.5) is 5.69 Å². The van der Waals surface area contributed by atoms with E-state index >= 15 is 0 Å². The molecule has 2 nitrogen and oxygen atoms in total. The van der Waals surface area contributed by atoms with Crippen LogP contribution in [0, 0.1) is 5.92 Å². The predicted molar refractivity (Wildman–Crippen MR) is 91.6 cm³/mol. The van der Waals surface area contributed by atoms with E-state index in [1.165, 1.54) is 25.7 Å². The van der Waals surface area contributed by atoms with Crippen LogP contribution < -0.4 is 10.2 Å². The molecule has 4 heteroatoms. The lowest BCUT2D eigenvalue weighted by Crippen LogP contribution is -2.64. The maximum Gasteiger partial charge on any atom is 0.0825 e. The van der Waals surface area contributed by atoms with Crippen molar-refractivity contribution in [3.05, 3.63) is 28.2 Å². The minimum Gasteiger partial charge on any atom is -0.364 e. The summed E-state index contributed by atoms with van der Waals surface area (Å²) in [4.78, 5) is 2.50. The number of halogens is 2. The van der Waals surface area contributed by atoms with Gasteiger partial charge in [0.1, 0.15) is 0 Å². The summed E-state index contributed by atoms with van der Waals surface area (Å²) >= 11 is 12.7. The third-order valence-electron chi connectivity index (χ3n) is 5.13. The van der Waals surface area contributed by atoms with Gasteiger partial charge in [-0.3, -0.25) is 0 Å². The monoisotopic (exact) mass is 326 g/mol. The lowest BCUT2D eigenvalue weighted by Gasteiger charge is -2.49. The van der Waals surface area contributed by atoms with Gasteiger partial charge in [0.25, 0.3) is 0 Å². The molecule has 0 aromatic heterocycles. The average molecular weight is 327 g/mol. The third-order valence-corrected chi connectivity index (χ3v) is 5.94. The van der Waals surface area contributed by atoms with E-state index < -0.39 is 0 Å². The number of nitrogens with one attached hydrogen (secondary N) is 1. The fraction of sp³-hybridized carbons (Fsp3) is 0.647. The zero-order chi connectivity index (χ0) is 15.0. The lowest BCUT2D eigenvalue weighted by atomic mass is 9.88. The van der Waals surface area contributed by atoms with Crippen molar-refractivity contribution < 1.29 is 0 Å². The van der Waals surface area contributed by atoms with Gasteiger partial charge in [-0.05, 0) is 30.9 Å². The molecule has 2 aliphatic rings. The van der Waals surface area contributed by atoms with Crippen LogP contribution >= 0.6 is 23.2 Å². The summed E-state index contributed by atoms with van der Waals surface area (Å²) in [5.74, 6) is 0.575. The highest BCUT2D eigenvalue weighted by Gasteiger charge is 2.42. The summed E-state index contributed by atoms with van der Waals surface area (Å²) in [5.41, 5.74) is 1.37. The predicted octanol–water partition coefficient (Wildman–Crippen LogP) is 4.74. The molecule has 21 heavy (non-hydrogen) atoms. The Bertz CT molecular complexity index is 510. The van der Waals surface area contributed by atoms with Crippen molar-refractivity contribution in [3.8, 4) is 0 Å². The number of rotatable bonds is 2. The molecule has 1 saturated heterocycles. The van der Waals surface area contributed by atoms with Gasteiger partial charge in [-0.2, -0.15) is 0 Å². The zero-order valence-corrected chi connectivity index (χ0v) is 14.3. The van der Waals surface area contributed by atoms with Crippen molar-refractivity contribution in [1.82, 2.24) is 5.32 Å². The fourth-order valence-corrected chi connectivity index (χ4v) is 4.29. The van der Waals surface area contributed by atoms with Gasteiger partial charge in [0, 0.05) is 24.7 Å². The van der Waals surface area contributed by atoms with Crippen molar-refractivity contribution in [2.75, 3.05) is 18.0 Å². The van der Waals surface area contributed by atoms with Crippen molar-refractivity contribution in [1.29, 1.82) is 0 Å². The first-order valence-corrected chi connectivity index (χ1v) is 8.74. The van der Waals surface area contributed by atoms with Crippen LogP contribution in [-0.2, 0) is 0 Å². The molecular weight excluding hydrogens is 303 g/mol. The van der Waals surface area contributed by atoms with Gasteiger partial charge in [-0.15, -0.1) is 0 Å². The molecule has 0 radical (unpaired) electrons. The van der Waals surface area contributed by atoms with E-state index in [9.17, 15) is 0 Å². The Morgan fingerprint density at radius 2 is 1.95 bits per heavy atom. The molecule has 1 aliphatic heterocycles. The number of anilines is 1. The minimum absolute atomic E-state index is 0.275. The molecule has 1 atom stereocenters. The summed E-state index contributed by atoms with van der Waals surface area (Å²) in [6.45, 7) is 6.63. The van der Waals surface area contributed by atoms with Gasteiger partial charge in [-0.1, -0.05) is 56.0 Å². The molecule has 3 rings (SSSR count). The summed E-state index contributed by atoms with van der Waals surface area (Å²) in [5, 5.41) is 5.19. The minimum atomic E-state index is 0.275. The van der Waals surface area contributed by atoms with Crippen LogP contribution in [0.15, 0.2) is 18.2 Å². The van der Waals surface area contributed by atoms with E-state index in [-0.39, 0.29) is 5.54 Å². The Morgan fingerprint density at radius 1 is 1.24 bits per heavy atom. The van der Waals surface area contributed by atoms with Gasteiger partial charge < -0.3 is 10.2 Å². The molecule has 1 saturated carbocycles. The molecule has 1 aliphatic carbocycles. The Kier molecular flexibility index (Phi) is 4.40. The standard InChI is InChI=1S/C17H24Cl2N2/c1-12(2)15-10-20-17(8-3-4-9-17)11-21(15)14-7-5-6-13(18)16(14)19/h5-7,12,15,20H,3-4,8-11H2,1-2H3. The summed E-state index contributed by atoms with van der Waals surface area (Å²) in [6.07, 6.45) is 5.20. The van der Waals surface area contributed by atoms with E-state index in [0.717, 1.165) is 18.8 Å². The van der Waals surface area contributed by atoms with Gasteiger partial charge in [0.15, 0.2) is 0 Å². The molecule has 1 aromatic carbocycles. The topological polar surface area (TPSA) is 15.3 Å². The second-order valence-corrected chi connectivity index (χ2v) is 7.67. The first-order valence-electron chi connectivity index (χ1n) is 7.98. The highest BCUT2D eigenvalue weighted by Crippen LogP contribution is 2.40. The number of hydrogen-bond donors (Lipinski definition) is 1.